The number of nitrogens with zero attached hydrogens (tertiary/aromatic N) is 1. The van der Waals surface area contributed by atoms with Crippen molar-refractivity contribution in [3.05, 3.63) is 59.1 Å². The molecule has 2 aromatic rings. The molecule has 0 spiro atoms. The second-order valence-electron chi connectivity index (χ2n) is 5.77. The second kappa shape index (κ2) is 6.68. The first-order chi connectivity index (χ1) is 12.3. The maximum atomic E-state index is 12.4. The largest absolute Gasteiger partial charge is 0.472 e. The molecule has 0 aliphatic heterocycles. The third-order valence-corrected chi connectivity index (χ3v) is 4.27. The highest BCUT2D eigenvalue weighted by Gasteiger charge is 2.27. The molecule has 0 bridgehead atoms. The number of aryl methyl sites for hydroxylation is 1. The van der Waals surface area contributed by atoms with Crippen LogP contribution in [0.2, 0.25) is 0 Å². The van der Waals surface area contributed by atoms with Gasteiger partial charge in [-0.1, -0.05) is 12.1 Å². The van der Waals surface area contributed by atoms with E-state index in [9.17, 15) is 13.2 Å². The average molecular weight is 375 g/mol. The molecule has 0 radical (unpaired) electrons. The van der Waals surface area contributed by atoms with Crippen molar-refractivity contribution in [2.75, 3.05) is 6.26 Å². The highest BCUT2D eigenvalue weighted by molar-refractivity contribution is 7.86. The van der Waals surface area contributed by atoms with Crippen molar-refractivity contribution in [2.24, 2.45) is 16.5 Å². The lowest BCUT2D eigenvalue weighted by Crippen LogP contribution is -2.24. The van der Waals surface area contributed by atoms with E-state index in [-0.39, 0.29) is 11.3 Å². The fourth-order valence-corrected chi connectivity index (χ4v) is 3.34. The maximum absolute atomic E-state index is 12.4. The number of hydrogen-bond acceptors (Lipinski definition) is 5. The summed E-state index contributed by atoms with van der Waals surface area (Å²) in [6, 6.07) is 4.95. The summed E-state index contributed by atoms with van der Waals surface area (Å²) in [5, 5.41) is 0. The highest BCUT2D eigenvalue weighted by atomic mass is 32.2. The van der Waals surface area contributed by atoms with Crippen LogP contribution in [0.15, 0.2) is 46.2 Å². The number of fused-ring (bicyclic) bond motifs is 1. The molecule has 0 unspecified atom stereocenters. The minimum atomic E-state index is -3.90. The Kier molecular flexibility index (Phi) is 4.56. The smallest absolute Gasteiger partial charge is 0.306 e. The van der Waals surface area contributed by atoms with Gasteiger partial charge in [0, 0.05) is 11.1 Å². The Labute approximate surface area is 150 Å². The predicted molar refractivity (Wildman–Crippen MR) is 96.2 cm³/mol. The minimum absolute atomic E-state index is 0.0427. The van der Waals surface area contributed by atoms with E-state index in [0.29, 0.717) is 12.0 Å². The monoisotopic (exact) mass is 375 g/mol. The Hall–Kier alpha value is -3.07. The third kappa shape index (κ3) is 3.62. The van der Waals surface area contributed by atoms with Gasteiger partial charge < -0.3 is 20.1 Å². The van der Waals surface area contributed by atoms with Gasteiger partial charge in [0.25, 0.3) is 5.91 Å². The molecule has 0 saturated heterocycles. The van der Waals surface area contributed by atoms with Crippen molar-refractivity contribution in [1.29, 1.82) is 0 Å². The molecule has 3 rings (SSSR count). The van der Waals surface area contributed by atoms with Crippen LogP contribution in [0.3, 0.4) is 0 Å². The van der Waals surface area contributed by atoms with Gasteiger partial charge in [-0.05, 0) is 36.1 Å². The van der Waals surface area contributed by atoms with Crippen molar-refractivity contribution < 1.29 is 21.8 Å². The van der Waals surface area contributed by atoms with Gasteiger partial charge in [-0.15, -0.1) is 0 Å². The first kappa shape index (κ1) is 17.7. The lowest BCUT2D eigenvalue weighted by molar-refractivity contribution is 0.100. The molecule has 136 valence electrons. The van der Waals surface area contributed by atoms with Gasteiger partial charge in [0.2, 0.25) is 0 Å². The first-order valence-electron chi connectivity index (χ1n) is 7.68. The zero-order valence-corrected chi connectivity index (χ0v) is 14.7. The van der Waals surface area contributed by atoms with Gasteiger partial charge in [0.15, 0.2) is 11.7 Å². The number of nitrogens with two attached hydrogens (primary N) is 2. The molecule has 1 amide bonds. The van der Waals surface area contributed by atoms with Gasteiger partial charge in [-0.2, -0.15) is 13.4 Å². The molecule has 1 aromatic carbocycles. The molecule has 4 N–H and O–H groups in total. The van der Waals surface area contributed by atoms with E-state index in [4.69, 9.17) is 20.1 Å². The summed E-state index contributed by atoms with van der Waals surface area (Å²) >= 11 is 0. The molecule has 0 saturated carbocycles. The molecule has 9 heteroatoms. The van der Waals surface area contributed by atoms with Crippen LogP contribution in [0.1, 0.15) is 33.5 Å². The normalized spacial score (nSPS) is 13.5. The van der Waals surface area contributed by atoms with E-state index in [1.807, 2.05) is 6.08 Å². The van der Waals surface area contributed by atoms with Crippen LogP contribution in [0.4, 0.5) is 0 Å². The molecule has 1 aliphatic rings. The van der Waals surface area contributed by atoms with Crippen molar-refractivity contribution in [2.45, 2.75) is 12.8 Å². The van der Waals surface area contributed by atoms with Crippen LogP contribution >= 0.6 is 0 Å². The lowest BCUT2D eigenvalue weighted by Gasteiger charge is -2.21. The molecule has 8 nitrogen and oxygen atoms in total. The summed E-state index contributed by atoms with van der Waals surface area (Å²) in [7, 11) is -3.90. The summed E-state index contributed by atoms with van der Waals surface area (Å²) in [5.41, 5.74) is 13.3. The standard InChI is InChI=1S/C17H17N3O5S/c1-26(22,23)25-15-13(16(21)20-17(18)19)6-5-10-3-2-4-12(14(10)15)11-7-8-24-9-11/h4-9H,2-3H2,1H3,(H4,18,19,20,21). The zero-order chi connectivity index (χ0) is 18.9. The molecular formula is C17H17N3O5S. The molecule has 0 fully saturated rings. The fourth-order valence-electron chi connectivity index (χ4n) is 2.86. The van der Waals surface area contributed by atoms with Crippen molar-refractivity contribution in [3.63, 3.8) is 0 Å². The number of rotatable bonds is 4. The Balaban J connectivity index is 2.27. The van der Waals surface area contributed by atoms with Gasteiger partial charge in [0.05, 0.1) is 24.3 Å². The second-order valence-corrected chi connectivity index (χ2v) is 7.35. The van der Waals surface area contributed by atoms with E-state index in [0.717, 1.165) is 29.4 Å². The third-order valence-electron chi connectivity index (χ3n) is 3.80. The van der Waals surface area contributed by atoms with E-state index < -0.39 is 22.0 Å². The average Bonchev–Trinajstić information content (AvgIpc) is 3.06. The van der Waals surface area contributed by atoms with Gasteiger partial charge in [-0.3, -0.25) is 4.79 Å². The number of guanidine groups is 1. The van der Waals surface area contributed by atoms with Crippen LogP contribution in [-0.4, -0.2) is 26.5 Å². The summed E-state index contributed by atoms with van der Waals surface area (Å²) in [4.78, 5) is 15.9. The van der Waals surface area contributed by atoms with Crippen molar-refractivity contribution in [3.8, 4) is 5.75 Å². The Morgan fingerprint density at radius 2 is 2.04 bits per heavy atom. The number of carbonyl (C=O) groups is 1. The SMILES string of the molecule is CS(=O)(=O)Oc1c(C(=O)N=C(N)N)ccc2c1C(c1ccoc1)=CCC2. The van der Waals surface area contributed by atoms with E-state index in [1.54, 1.807) is 12.1 Å². The van der Waals surface area contributed by atoms with Gasteiger partial charge in [0.1, 0.15) is 0 Å². The fraction of sp³-hybridized carbons (Fsp3) is 0.176. The van der Waals surface area contributed by atoms with Gasteiger partial charge in [-0.25, -0.2) is 0 Å². The molecular weight excluding hydrogens is 358 g/mol. The molecule has 26 heavy (non-hydrogen) atoms. The van der Waals surface area contributed by atoms with E-state index >= 15 is 0 Å². The summed E-state index contributed by atoms with van der Waals surface area (Å²) in [6.45, 7) is 0. The number of amides is 1. The quantitative estimate of drug-likeness (QED) is 0.468. The van der Waals surface area contributed by atoms with E-state index in [2.05, 4.69) is 4.99 Å². The Morgan fingerprint density at radius 1 is 1.27 bits per heavy atom. The topological polar surface area (TPSA) is 138 Å². The summed E-state index contributed by atoms with van der Waals surface area (Å²) < 4.78 is 34.0. The number of benzene rings is 1. The zero-order valence-electron chi connectivity index (χ0n) is 13.9. The van der Waals surface area contributed by atoms with Crippen LogP contribution in [-0.2, 0) is 16.5 Å². The van der Waals surface area contributed by atoms with Crippen molar-refractivity contribution >= 4 is 27.6 Å². The first-order valence-corrected chi connectivity index (χ1v) is 9.50. The number of hydrogen-bond donors (Lipinski definition) is 2. The minimum Gasteiger partial charge on any atom is -0.472 e. The van der Waals surface area contributed by atoms with Crippen LogP contribution in [0, 0.1) is 0 Å². The number of furan rings is 1. The van der Waals surface area contributed by atoms with Crippen molar-refractivity contribution in [1.82, 2.24) is 0 Å². The molecule has 1 heterocycles. The Bertz CT molecular complexity index is 1020. The summed E-state index contributed by atoms with van der Waals surface area (Å²) in [6.07, 6.45) is 7.33. The van der Waals surface area contributed by atoms with Gasteiger partial charge >= 0.3 is 10.1 Å². The lowest BCUT2D eigenvalue weighted by atomic mass is 9.86. The summed E-state index contributed by atoms with van der Waals surface area (Å²) in [5.74, 6) is -1.31. The van der Waals surface area contributed by atoms with E-state index in [1.165, 1.54) is 18.6 Å². The van der Waals surface area contributed by atoms with Crippen LogP contribution in [0.25, 0.3) is 5.57 Å². The van der Waals surface area contributed by atoms with Crippen LogP contribution < -0.4 is 15.7 Å². The number of carbonyl (C=O) groups excluding carboxylic acids is 1. The predicted octanol–water partition coefficient (Wildman–Crippen LogP) is 1.41. The molecule has 1 aromatic heterocycles. The molecule has 0 atom stereocenters. The highest BCUT2D eigenvalue weighted by Crippen LogP contribution is 2.41. The Morgan fingerprint density at radius 3 is 2.65 bits per heavy atom. The van der Waals surface area contributed by atoms with Crippen LogP contribution in [0.5, 0.6) is 5.75 Å². The maximum Gasteiger partial charge on any atom is 0.306 e. The molecule has 1 aliphatic carbocycles. The number of aliphatic imine (C=N–C) groups is 1. The number of allylic oxidation sites excluding steroid dienone is 1.